The molecule has 1 atom stereocenters. The fraction of sp³-hybridized carbons (Fsp3) is 0.500. The minimum absolute atomic E-state index is 0.274. The minimum Gasteiger partial charge on any atom is -0.494 e. The van der Waals surface area contributed by atoms with Gasteiger partial charge in [-0.25, -0.2) is 0 Å². The summed E-state index contributed by atoms with van der Waals surface area (Å²) in [6.45, 7) is 6.47. The molecule has 0 saturated carbocycles. The van der Waals surface area contributed by atoms with Crippen LogP contribution in [0.3, 0.4) is 0 Å². The van der Waals surface area contributed by atoms with Crippen molar-refractivity contribution in [3.8, 4) is 5.75 Å². The molecule has 0 bridgehead atoms. The third-order valence-corrected chi connectivity index (χ3v) is 3.80. The Morgan fingerprint density at radius 1 is 1.35 bits per heavy atom. The van der Waals surface area contributed by atoms with Crippen LogP contribution in [0.4, 0.5) is 0 Å². The molecule has 0 amide bonds. The molecule has 0 aliphatic carbocycles. The van der Waals surface area contributed by atoms with E-state index < -0.39 is 0 Å². The summed E-state index contributed by atoms with van der Waals surface area (Å²) in [5.41, 5.74) is 1.24. The standard InChI is InChI=1S/C16H22N2O2/c1-3-19-14-4-5-16-13(10-14)6-7-18(16)12-15-11-17(2)8-9-20-15/h4-7,10,15H,3,8-9,11-12H2,1-2H3. The van der Waals surface area contributed by atoms with Crippen LogP contribution in [0.5, 0.6) is 5.75 Å². The Balaban J connectivity index is 1.78. The highest BCUT2D eigenvalue weighted by molar-refractivity contribution is 5.81. The Bertz CT molecular complexity index is 579. The lowest BCUT2D eigenvalue weighted by Crippen LogP contribution is -2.41. The SMILES string of the molecule is CCOc1ccc2c(ccn2CC2CN(C)CCO2)c1. The van der Waals surface area contributed by atoms with Gasteiger partial charge in [-0.15, -0.1) is 0 Å². The third-order valence-electron chi connectivity index (χ3n) is 3.80. The predicted octanol–water partition coefficient (Wildman–Crippen LogP) is 2.37. The van der Waals surface area contributed by atoms with Gasteiger partial charge in [0, 0.05) is 30.2 Å². The lowest BCUT2D eigenvalue weighted by Gasteiger charge is -2.30. The quantitative estimate of drug-likeness (QED) is 0.856. The summed E-state index contributed by atoms with van der Waals surface area (Å²) >= 11 is 0. The molecular weight excluding hydrogens is 252 g/mol. The van der Waals surface area contributed by atoms with Gasteiger partial charge < -0.3 is 18.9 Å². The highest BCUT2D eigenvalue weighted by Crippen LogP contribution is 2.23. The average Bonchev–Trinajstić information content (AvgIpc) is 2.82. The fourth-order valence-electron chi connectivity index (χ4n) is 2.79. The van der Waals surface area contributed by atoms with E-state index in [0.717, 1.165) is 32.0 Å². The first-order valence-electron chi connectivity index (χ1n) is 7.28. The summed E-state index contributed by atoms with van der Waals surface area (Å²) in [7, 11) is 2.15. The maximum Gasteiger partial charge on any atom is 0.120 e. The van der Waals surface area contributed by atoms with Gasteiger partial charge in [0.05, 0.1) is 25.9 Å². The number of hydrogen-bond acceptors (Lipinski definition) is 3. The van der Waals surface area contributed by atoms with Gasteiger partial charge in [-0.1, -0.05) is 0 Å². The Morgan fingerprint density at radius 3 is 3.05 bits per heavy atom. The van der Waals surface area contributed by atoms with Crippen LogP contribution in [-0.2, 0) is 11.3 Å². The molecule has 1 aromatic carbocycles. The van der Waals surface area contributed by atoms with E-state index in [4.69, 9.17) is 9.47 Å². The second-order valence-corrected chi connectivity index (χ2v) is 5.38. The monoisotopic (exact) mass is 274 g/mol. The molecule has 0 spiro atoms. The van der Waals surface area contributed by atoms with Crippen molar-refractivity contribution in [3.05, 3.63) is 30.5 Å². The lowest BCUT2D eigenvalue weighted by atomic mass is 10.2. The third kappa shape index (κ3) is 2.81. The van der Waals surface area contributed by atoms with Crippen molar-refractivity contribution in [2.24, 2.45) is 0 Å². The Kier molecular flexibility index (Phi) is 3.94. The number of benzene rings is 1. The van der Waals surface area contributed by atoms with Gasteiger partial charge in [0.1, 0.15) is 5.75 Å². The summed E-state index contributed by atoms with van der Waals surface area (Å²) in [5.74, 6) is 0.936. The Morgan fingerprint density at radius 2 is 2.25 bits per heavy atom. The molecule has 1 aromatic heterocycles. The molecule has 0 N–H and O–H groups in total. The first-order valence-corrected chi connectivity index (χ1v) is 7.28. The number of hydrogen-bond donors (Lipinski definition) is 0. The molecular formula is C16H22N2O2. The van der Waals surface area contributed by atoms with Crippen molar-refractivity contribution in [1.82, 2.24) is 9.47 Å². The highest BCUT2D eigenvalue weighted by Gasteiger charge is 2.18. The molecule has 1 aliphatic rings. The van der Waals surface area contributed by atoms with Crippen LogP contribution in [0.15, 0.2) is 30.5 Å². The molecule has 1 saturated heterocycles. The van der Waals surface area contributed by atoms with Crippen LogP contribution < -0.4 is 4.74 Å². The summed E-state index contributed by atoms with van der Waals surface area (Å²) in [6.07, 6.45) is 2.41. The number of morpholine rings is 1. The first-order chi connectivity index (χ1) is 9.76. The molecule has 2 aromatic rings. The normalized spacial score (nSPS) is 20.4. The van der Waals surface area contributed by atoms with E-state index in [1.165, 1.54) is 10.9 Å². The molecule has 1 unspecified atom stereocenters. The summed E-state index contributed by atoms with van der Waals surface area (Å²) in [5, 5.41) is 1.22. The van der Waals surface area contributed by atoms with Gasteiger partial charge in [-0.3, -0.25) is 0 Å². The summed E-state index contributed by atoms with van der Waals surface area (Å²) in [4.78, 5) is 2.33. The number of fused-ring (bicyclic) bond motifs is 1. The Hall–Kier alpha value is -1.52. The first kappa shape index (κ1) is 13.5. The van der Waals surface area contributed by atoms with E-state index in [9.17, 15) is 0 Å². The van der Waals surface area contributed by atoms with E-state index in [-0.39, 0.29) is 6.10 Å². The number of likely N-dealkylation sites (N-methyl/N-ethyl adjacent to an activating group) is 1. The number of aromatic nitrogens is 1. The van der Waals surface area contributed by atoms with Crippen LogP contribution in [0, 0.1) is 0 Å². The van der Waals surface area contributed by atoms with Crippen LogP contribution in [0.1, 0.15) is 6.92 Å². The van der Waals surface area contributed by atoms with Crippen molar-refractivity contribution >= 4 is 10.9 Å². The minimum atomic E-state index is 0.274. The molecule has 3 rings (SSSR count). The number of nitrogens with zero attached hydrogens (tertiary/aromatic N) is 2. The zero-order chi connectivity index (χ0) is 13.9. The van der Waals surface area contributed by atoms with Crippen LogP contribution in [0.25, 0.3) is 10.9 Å². The van der Waals surface area contributed by atoms with E-state index in [1.54, 1.807) is 0 Å². The van der Waals surface area contributed by atoms with Gasteiger partial charge in [0.2, 0.25) is 0 Å². The van der Waals surface area contributed by atoms with Gasteiger partial charge >= 0.3 is 0 Å². The zero-order valence-corrected chi connectivity index (χ0v) is 12.2. The van der Waals surface area contributed by atoms with Gasteiger partial charge in [-0.05, 0) is 38.2 Å². The molecule has 0 radical (unpaired) electrons. The van der Waals surface area contributed by atoms with E-state index in [1.807, 2.05) is 13.0 Å². The maximum absolute atomic E-state index is 5.85. The second-order valence-electron chi connectivity index (χ2n) is 5.38. The highest BCUT2D eigenvalue weighted by atomic mass is 16.5. The molecule has 1 fully saturated rings. The lowest BCUT2D eigenvalue weighted by molar-refractivity contribution is -0.0269. The van der Waals surface area contributed by atoms with E-state index in [0.29, 0.717) is 6.61 Å². The summed E-state index contributed by atoms with van der Waals surface area (Å²) in [6, 6.07) is 8.41. The predicted molar refractivity (Wildman–Crippen MR) is 80.3 cm³/mol. The van der Waals surface area contributed by atoms with E-state index >= 15 is 0 Å². The second kappa shape index (κ2) is 5.85. The van der Waals surface area contributed by atoms with Crippen molar-refractivity contribution in [2.45, 2.75) is 19.6 Å². The molecule has 20 heavy (non-hydrogen) atoms. The zero-order valence-electron chi connectivity index (χ0n) is 12.2. The van der Waals surface area contributed by atoms with Gasteiger partial charge in [0.15, 0.2) is 0 Å². The van der Waals surface area contributed by atoms with Crippen molar-refractivity contribution in [2.75, 3.05) is 33.4 Å². The summed E-state index contributed by atoms with van der Waals surface area (Å²) < 4.78 is 13.7. The van der Waals surface area contributed by atoms with Gasteiger partial charge in [-0.2, -0.15) is 0 Å². The average molecular weight is 274 g/mol. The molecule has 4 heteroatoms. The van der Waals surface area contributed by atoms with E-state index in [2.05, 4.69) is 40.9 Å². The number of rotatable bonds is 4. The van der Waals surface area contributed by atoms with Crippen LogP contribution in [-0.4, -0.2) is 48.9 Å². The molecule has 1 aliphatic heterocycles. The topological polar surface area (TPSA) is 26.6 Å². The number of ether oxygens (including phenoxy) is 2. The van der Waals surface area contributed by atoms with Crippen molar-refractivity contribution < 1.29 is 9.47 Å². The van der Waals surface area contributed by atoms with Gasteiger partial charge in [0.25, 0.3) is 0 Å². The molecule has 108 valence electrons. The largest absolute Gasteiger partial charge is 0.494 e. The smallest absolute Gasteiger partial charge is 0.120 e. The maximum atomic E-state index is 5.85. The Labute approximate surface area is 119 Å². The van der Waals surface area contributed by atoms with Crippen molar-refractivity contribution in [1.29, 1.82) is 0 Å². The van der Waals surface area contributed by atoms with Crippen LogP contribution in [0.2, 0.25) is 0 Å². The fourth-order valence-corrected chi connectivity index (χ4v) is 2.79. The molecule has 2 heterocycles. The van der Waals surface area contributed by atoms with Crippen molar-refractivity contribution in [3.63, 3.8) is 0 Å². The molecule has 4 nitrogen and oxygen atoms in total. The van der Waals surface area contributed by atoms with Crippen LogP contribution >= 0.6 is 0 Å².